The first kappa shape index (κ1) is 24.5. The number of esters is 1. The Labute approximate surface area is 198 Å². The minimum Gasteiger partial charge on any atom is -0.481 e. The summed E-state index contributed by atoms with van der Waals surface area (Å²) >= 11 is 0. The summed E-state index contributed by atoms with van der Waals surface area (Å²) in [5.41, 5.74) is -2.39. The van der Waals surface area contributed by atoms with E-state index < -0.39 is 53.1 Å². The summed E-state index contributed by atoms with van der Waals surface area (Å²) in [5, 5.41) is 20.5. The lowest BCUT2D eigenvalue weighted by Crippen LogP contribution is -2.62. The molecule has 3 saturated carbocycles. The highest BCUT2D eigenvalue weighted by Crippen LogP contribution is 2.67. The van der Waals surface area contributed by atoms with Gasteiger partial charge < -0.3 is 14.9 Å². The fourth-order valence-electron chi connectivity index (χ4n) is 7.50. The molecule has 0 aliphatic heterocycles. The maximum absolute atomic E-state index is 13.6. The quantitative estimate of drug-likeness (QED) is 0.563. The number of aliphatic carboxylic acids is 1. The van der Waals surface area contributed by atoms with Crippen LogP contribution in [0.5, 0.6) is 0 Å². The Hall–Kier alpha value is -2.61. The molecule has 184 valence electrons. The van der Waals surface area contributed by atoms with Crippen LogP contribution in [0.4, 0.5) is 0 Å². The first-order valence-corrected chi connectivity index (χ1v) is 11.9. The van der Waals surface area contributed by atoms with Crippen LogP contribution in [0.3, 0.4) is 0 Å². The number of carbonyl (C=O) groups excluding carboxylic acids is 4. The number of ether oxygens (including phenoxy) is 1. The molecule has 0 aromatic carbocycles. The van der Waals surface area contributed by atoms with Gasteiger partial charge in [0.25, 0.3) is 0 Å². The minimum absolute atomic E-state index is 0.0189. The number of carboxylic acid groups (broad SMARTS) is 1. The third kappa shape index (κ3) is 3.49. The summed E-state index contributed by atoms with van der Waals surface area (Å²) in [7, 11) is 0. The Kier molecular flexibility index (Phi) is 5.95. The average Bonchev–Trinajstić information content (AvgIpc) is 2.97. The zero-order chi connectivity index (χ0) is 25.1. The van der Waals surface area contributed by atoms with Gasteiger partial charge in [-0.3, -0.25) is 24.0 Å². The molecule has 0 amide bonds. The molecule has 0 saturated heterocycles. The maximum Gasteiger partial charge on any atom is 0.306 e. The highest BCUT2D eigenvalue weighted by atomic mass is 16.5. The van der Waals surface area contributed by atoms with E-state index in [1.54, 1.807) is 19.9 Å². The van der Waals surface area contributed by atoms with Crippen LogP contribution in [-0.4, -0.2) is 51.7 Å². The number of allylic oxidation sites excluding steroid dienone is 4. The molecule has 4 rings (SSSR count). The highest BCUT2D eigenvalue weighted by molar-refractivity contribution is 6.02. The molecule has 7 atom stereocenters. The smallest absolute Gasteiger partial charge is 0.306 e. The molecule has 0 aromatic rings. The van der Waals surface area contributed by atoms with Crippen molar-refractivity contribution in [2.75, 3.05) is 6.61 Å². The van der Waals surface area contributed by atoms with Crippen molar-refractivity contribution >= 4 is 29.3 Å². The molecule has 0 radical (unpaired) electrons. The third-order valence-electron chi connectivity index (χ3n) is 9.17. The number of aliphatic hydroxyl groups is 1. The Balaban J connectivity index is 1.58. The molecule has 8 heteroatoms. The van der Waals surface area contributed by atoms with Crippen LogP contribution < -0.4 is 0 Å². The zero-order valence-electron chi connectivity index (χ0n) is 19.8. The molecule has 34 heavy (non-hydrogen) atoms. The second-order valence-corrected chi connectivity index (χ2v) is 10.9. The molecule has 3 fully saturated rings. The van der Waals surface area contributed by atoms with Crippen molar-refractivity contribution in [1.29, 1.82) is 0 Å². The molecule has 0 heterocycles. The molecule has 0 bridgehead atoms. The van der Waals surface area contributed by atoms with Crippen molar-refractivity contribution in [3.63, 3.8) is 0 Å². The van der Waals surface area contributed by atoms with Crippen LogP contribution >= 0.6 is 0 Å². The van der Waals surface area contributed by atoms with E-state index in [1.807, 2.05) is 13.0 Å². The zero-order valence-corrected chi connectivity index (χ0v) is 19.8. The highest BCUT2D eigenvalue weighted by Gasteiger charge is 2.70. The van der Waals surface area contributed by atoms with Gasteiger partial charge >= 0.3 is 11.9 Å². The largest absolute Gasteiger partial charge is 0.481 e. The summed E-state index contributed by atoms with van der Waals surface area (Å²) in [6.07, 6.45) is 6.27. The van der Waals surface area contributed by atoms with Gasteiger partial charge in [-0.15, -0.1) is 0 Å². The average molecular weight is 473 g/mol. The molecular weight excluding hydrogens is 440 g/mol. The number of hydrogen-bond donors (Lipinski definition) is 2. The third-order valence-corrected chi connectivity index (χ3v) is 9.17. The summed E-state index contributed by atoms with van der Waals surface area (Å²) in [4.78, 5) is 61.3. The topological polar surface area (TPSA) is 135 Å². The predicted octanol–water partition coefficient (Wildman–Crippen LogP) is 2.43. The number of carboxylic acids is 1. The molecule has 2 N–H and O–H groups in total. The lowest BCUT2D eigenvalue weighted by molar-refractivity contribution is -0.176. The SMILES string of the molecule is C[C@H]1C[C@@H]2[C@H]3CCC4=CC(=O)C=C[C@]4(C)[C@@H]3C(=O)C[C@]2(C)[C@@]1(O)C(=O)COC(=O)CCC(=O)O. The second-order valence-electron chi connectivity index (χ2n) is 10.9. The van der Waals surface area contributed by atoms with Crippen molar-refractivity contribution < 1.29 is 38.9 Å². The fourth-order valence-corrected chi connectivity index (χ4v) is 7.50. The van der Waals surface area contributed by atoms with Crippen LogP contribution in [0.1, 0.15) is 59.3 Å². The standard InChI is InChI=1S/C26H32O8/c1-14-10-18-17-5-4-15-11-16(27)8-9-24(15,2)23(17)19(28)12-25(18,3)26(14,33)20(29)13-34-22(32)7-6-21(30)31/h8-9,11,14,17-18,23,33H,4-7,10,12-13H2,1-3H3,(H,30,31)/t14-,17+,18+,23-,24-,25-,26-/m0/s1. The van der Waals surface area contributed by atoms with Gasteiger partial charge in [-0.2, -0.15) is 0 Å². The van der Waals surface area contributed by atoms with Gasteiger partial charge in [-0.25, -0.2) is 0 Å². The monoisotopic (exact) mass is 472 g/mol. The lowest BCUT2D eigenvalue weighted by Gasteiger charge is -2.56. The number of fused-ring (bicyclic) bond motifs is 5. The maximum atomic E-state index is 13.6. The normalized spacial score (nSPS) is 40.6. The Morgan fingerprint density at radius 3 is 2.56 bits per heavy atom. The number of Topliss-reactive ketones (excluding diaryl/α,β-unsaturated/α-hetero) is 2. The second kappa shape index (κ2) is 8.26. The Morgan fingerprint density at radius 1 is 1.18 bits per heavy atom. The number of ketones is 3. The van der Waals surface area contributed by atoms with Crippen molar-refractivity contribution in [2.24, 2.45) is 34.5 Å². The van der Waals surface area contributed by atoms with E-state index in [2.05, 4.69) is 0 Å². The van der Waals surface area contributed by atoms with E-state index in [1.165, 1.54) is 6.08 Å². The molecule has 0 aromatic heterocycles. The summed E-state index contributed by atoms with van der Waals surface area (Å²) in [5.74, 6) is -3.55. The fraction of sp³-hybridized carbons (Fsp3) is 0.654. The summed E-state index contributed by atoms with van der Waals surface area (Å²) < 4.78 is 4.99. The van der Waals surface area contributed by atoms with E-state index in [4.69, 9.17) is 9.84 Å². The van der Waals surface area contributed by atoms with Crippen LogP contribution in [0.25, 0.3) is 0 Å². The minimum atomic E-state index is -1.83. The number of rotatable bonds is 6. The Morgan fingerprint density at radius 2 is 1.88 bits per heavy atom. The first-order valence-electron chi connectivity index (χ1n) is 11.9. The van der Waals surface area contributed by atoms with Gasteiger partial charge in [0.15, 0.2) is 12.4 Å². The van der Waals surface area contributed by atoms with E-state index in [0.717, 1.165) is 5.57 Å². The van der Waals surface area contributed by atoms with Crippen molar-refractivity contribution in [1.82, 2.24) is 0 Å². The van der Waals surface area contributed by atoms with Gasteiger partial charge in [0.05, 0.1) is 12.8 Å². The number of carbonyl (C=O) groups is 5. The van der Waals surface area contributed by atoms with Crippen molar-refractivity contribution in [3.8, 4) is 0 Å². The van der Waals surface area contributed by atoms with Crippen LogP contribution in [-0.2, 0) is 28.7 Å². The summed E-state index contributed by atoms with van der Waals surface area (Å²) in [6.45, 7) is 4.94. The van der Waals surface area contributed by atoms with E-state index in [9.17, 15) is 29.1 Å². The molecule has 0 unspecified atom stereocenters. The molecule has 4 aliphatic rings. The van der Waals surface area contributed by atoms with Crippen LogP contribution in [0.15, 0.2) is 23.8 Å². The van der Waals surface area contributed by atoms with Crippen molar-refractivity contribution in [3.05, 3.63) is 23.8 Å². The molecule has 0 spiro atoms. The van der Waals surface area contributed by atoms with Crippen LogP contribution in [0.2, 0.25) is 0 Å². The van der Waals surface area contributed by atoms with Gasteiger partial charge in [-0.05, 0) is 49.2 Å². The Bertz CT molecular complexity index is 1020. The van der Waals surface area contributed by atoms with Crippen LogP contribution in [0, 0.1) is 34.5 Å². The first-order chi connectivity index (χ1) is 15.8. The van der Waals surface area contributed by atoms with E-state index >= 15 is 0 Å². The summed E-state index contributed by atoms with van der Waals surface area (Å²) in [6, 6.07) is 0. The van der Waals surface area contributed by atoms with Gasteiger partial charge in [0.1, 0.15) is 11.4 Å². The van der Waals surface area contributed by atoms with Gasteiger partial charge in [0.2, 0.25) is 5.78 Å². The van der Waals surface area contributed by atoms with Gasteiger partial charge in [0, 0.05) is 23.2 Å². The molecule has 4 aliphatic carbocycles. The molecule has 8 nitrogen and oxygen atoms in total. The van der Waals surface area contributed by atoms with E-state index in [-0.39, 0.29) is 42.2 Å². The van der Waals surface area contributed by atoms with E-state index in [0.29, 0.717) is 19.3 Å². The van der Waals surface area contributed by atoms with Crippen molar-refractivity contribution in [2.45, 2.75) is 64.9 Å². The predicted molar refractivity (Wildman–Crippen MR) is 119 cm³/mol. The molecular formula is C26H32O8. The number of hydrogen-bond acceptors (Lipinski definition) is 7. The lowest BCUT2D eigenvalue weighted by atomic mass is 9.46. The van der Waals surface area contributed by atoms with Gasteiger partial charge in [-0.1, -0.05) is 32.4 Å².